The average molecular weight is 594 g/mol. The fourth-order valence-corrected chi connectivity index (χ4v) is 5.41. The molecule has 1 amide bonds. The Kier molecular flexibility index (Phi) is 7.60. The molecule has 14 nitrogen and oxygen atoms in total. The van der Waals surface area contributed by atoms with E-state index in [9.17, 15) is 19.1 Å². The van der Waals surface area contributed by atoms with Crippen LogP contribution in [-0.2, 0) is 13.6 Å². The van der Waals surface area contributed by atoms with Crippen molar-refractivity contribution >= 4 is 34.2 Å². The predicted molar refractivity (Wildman–Crippen MR) is 156 cm³/mol. The third-order valence-corrected chi connectivity index (χ3v) is 7.76. The summed E-state index contributed by atoms with van der Waals surface area (Å²) in [7, 11) is 1.69. The van der Waals surface area contributed by atoms with Crippen LogP contribution >= 0.6 is 0 Å². The number of nitrogens with two attached hydrogens (primary N) is 1. The summed E-state index contributed by atoms with van der Waals surface area (Å²) in [6, 6.07) is 9.66. The molecule has 43 heavy (non-hydrogen) atoms. The number of anilines is 2. The van der Waals surface area contributed by atoms with Gasteiger partial charge >= 0.3 is 5.69 Å². The van der Waals surface area contributed by atoms with Gasteiger partial charge in [0.2, 0.25) is 5.95 Å². The number of carbonyl (C=O) groups excluding carboxylic acids is 1. The molecule has 0 bridgehead atoms. The van der Waals surface area contributed by atoms with Crippen LogP contribution in [-0.4, -0.2) is 96.7 Å². The monoisotopic (exact) mass is 593 g/mol. The van der Waals surface area contributed by atoms with E-state index in [0.717, 1.165) is 0 Å². The Morgan fingerprint density at radius 2 is 1.98 bits per heavy atom. The predicted octanol–water partition coefficient (Wildman–Crippen LogP) is 0.269. The van der Waals surface area contributed by atoms with E-state index >= 15 is 0 Å². The van der Waals surface area contributed by atoms with Crippen molar-refractivity contribution in [1.29, 1.82) is 0 Å². The number of aromatic nitrogens is 5. The van der Waals surface area contributed by atoms with Crippen molar-refractivity contribution in [2.75, 3.05) is 56.5 Å². The molecule has 1 aromatic carbocycles. The minimum absolute atomic E-state index is 0.129. The number of hydrogen-bond donors (Lipinski definition) is 4. The van der Waals surface area contributed by atoms with Crippen molar-refractivity contribution in [2.45, 2.75) is 12.6 Å². The topological polar surface area (TPSA) is 172 Å². The SMILES string of the molecule is Cn1c(=O)n(CCN2CCN(c3ccc(C(=O)NCC(O)CO)cc3F)CC2)c2nc(N)n3nc(-c4ccco4)cc3c21. The highest BCUT2D eigenvalue weighted by molar-refractivity contribution is 5.94. The second-order valence-corrected chi connectivity index (χ2v) is 10.5. The zero-order valence-electron chi connectivity index (χ0n) is 23.5. The van der Waals surface area contributed by atoms with E-state index in [2.05, 4.69) is 20.3 Å². The lowest BCUT2D eigenvalue weighted by atomic mass is 10.1. The Balaban J connectivity index is 1.13. The summed E-state index contributed by atoms with van der Waals surface area (Å²) in [5, 5.41) is 25.3. The molecular formula is C28H32FN9O5. The highest BCUT2D eigenvalue weighted by Gasteiger charge is 2.23. The Labute approximate surface area is 244 Å². The summed E-state index contributed by atoms with van der Waals surface area (Å²) in [5.41, 5.74) is 8.87. The van der Waals surface area contributed by atoms with Gasteiger partial charge in [0, 0.05) is 58.4 Å². The molecule has 1 aliphatic rings. The maximum absolute atomic E-state index is 15.0. The summed E-state index contributed by atoms with van der Waals surface area (Å²) in [6.07, 6.45) is 0.484. The third kappa shape index (κ3) is 5.33. The van der Waals surface area contributed by atoms with Crippen LogP contribution in [0.1, 0.15) is 10.4 Å². The maximum Gasteiger partial charge on any atom is 0.330 e. The summed E-state index contributed by atoms with van der Waals surface area (Å²) in [5.74, 6) is -0.316. The lowest BCUT2D eigenvalue weighted by Crippen LogP contribution is -2.47. The van der Waals surface area contributed by atoms with Crippen molar-refractivity contribution in [3.8, 4) is 11.5 Å². The Hall–Kier alpha value is -4.73. The molecule has 1 fully saturated rings. The van der Waals surface area contributed by atoms with Crippen molar-refractivity contribution in [3.63, 3.8) is 0 Å². The molecule has 5 aromatic rings. The molecule has 5 N–H and O–H groups in total. The number of aliphatic hydroxyl groups is 2. The number of piperazine rings is 1. The van der Waals surface area contributed by atoms with Crippen molar-refractivity contribution in [1.82, 2.24) is 33.9 Å². The number of rotatable bonds is 9. The summed E-state index contributed by atoms with van der Waals surface area (Å²) in [6.45, 7) is 2.78. The molecule has 0 spiro atoms. The number of carbonyl (C=O) groups is 1. The van der Waals surface area contributed by atoms with Gasteiger partial charge in [-0.2, -0.15) is 14.6 Å². The lowest BCUT2D eigenvalue weighted by Gasteiger charge is -2.36. The zero-order chi connectivity index (χ0) is 30.2. The fraction of sp³-hybridized carbons (Fsp3) is 0.357. The zero-order valence-corrected chi connectivity index (χ0v) is 23.5. The van der Waals surface area contributed by atoms with Gasteiger partial charge in [-0.25, -0.2) is 9.18 Å². The van der Waals surface area contributed by atoms with Crippen LogP contribution in [0.2, 0.25) is 0 Å². The maximum atomic E-state index is 15.0. The summed E-state index contributed by atoms with van der Waals surface area (Å²) in [4.78, 5) is 34.1. The van der Waals surface area contributed by atoms with Crippen LogP contribution in [0.5, 0.6) is 0 Å². The Morgan fingerprint density at radius 1 is 1.19 bits per heavy atom. The molecule has 5 heterocycles. The molecule has 0 saturated carbocycles. The van der Waals surface area contributed by atoms with Gasteiger partial charge in [-0.05, 0) is 36.4 Å². The highest BCUT2D eigenvalue weighted by atomic mass is 19.1. The van der Waals surface area contributed by atoms with Gasteiger partial charge in [0.15, 0.2) is 11.4 Å². The first-order valence-corrected chi connectivity index (χ1v) is 13.9. The van der Waals surface area contributed by atoms with Crippen LogP contribution in [0.25, 0.3) is 28.1 Å². The van der Waals surface area contributed by atoms with Gasteiger partial charge in [-0.1, -0.05) is 0 Å². The summed E-state index contributed by atoms with van der Waals surface area (Å²) < 4.78 is 25.1. The highest BCUT2D eigenvalue weighted by Crippen LogP contribution is 2.26. The number of hydrogen-bond acceptors (Lipinski definition) is 10. The van der Waals surface area contributed by atoms with E-state index in [1.165, 1.54) is 16.6 Å². The lowest BCUT2D eigenvalue weighted by molar-refractivity contribution is 0.0801. The number of aryl methyl sites for hydroxylation is 1. The smallest absolute Gasteiger partial charge is 0.330 e. The van der Waals surface area contributed by atoms with Crippen LogP contribution in [0.15, 0.2) is 51.9 Å². The van der Waals surface area contributed by atoms with Crippen LogP contribution in [0.4, 0.5) is 16.0 Å². The van der Waals surface area contributed by atoms with Gasteiger partial charge < -0.3 is 30.6 Å². The Bertz CT molecular complexity index is 1840. The molecule has 1 saturated heterocycles. The first kappa shape index (κ1) is 28.4. The van der Waals surface area contributed by atoms with Gasteiger partial charge in [0.05, 0.1) is 30.2 Å². The van der Waals surface area contributed by atoms with E-state index in [1.807, 2.05) is 11.0 Å². The van der Waals surface area contributed by atoms with Crippen molar-refractivity contribution < 1.29 is 23.8 Å². The minimum Gasteiger partial charge on any atom is -0.463 e. The van der Waals surface area contributed by atoms with E-state index in [0.29, 0.717) is 73.1 Å². The number of nitrogens with one attached hydrogen (secondary N) is 1. The quantitative estimate of drug-likeness (QED) is 0.186. The number of nitrogens with zero attached hydrogens (tertiary/aromatic N) is 7. The normalized spacial score (nSPS) is 15.0. The molecule has 4 aromatic heterocycles. The molecule has 226 valence electrons. The van der Waals surface area contributed by atoms with Crippen molar-refractivity contribution in [3.05, 3.63) is 64.5 Å². The number of aliphatic hydroxyl groups excluding tert-OH is 2. The second-order valence-electron chi connectivity index (χ2n) is 10.5. The first-order chi connectivity index (χ1) is 20.7. The summed E-state index contributed by atoms with van der Waals surface area (Å²) >= 11 is 0. The van der Waals surface area contributed by atoms with Gasteiger partial charge in [0.25, 0.3) is 5.91 Å². The molecule has 1 unspecified atom stereocenters. The van der Waals surface area contributed by atoms with Gasteiger partial charge in [-0.3, -0.25) is 18.8 Å². The fourth-order valence-electron chi connectivity index (χ4n) is 5.41. The number of furan rings is 1. The first-order valence-electron chi connectivity index (χ1n) is 13.9. The number of imidazole rings is 1. The molecule has 0 radical (unpaired) electrons. The second kappa shape index (κ2) is 11.5. The number of nitrogen functional groups attached to an aromatic ring is 1. The average Bonchev–Trinajstić information content (AvgIpc) is 3.75. The number of halogens is 1. The van der Waals surface area contributed by atoms with Gasteiger partial charge in [0.1, 0.15) is 17.0 Å². The number of fused-ring (bicyclic) bond motifs is 3. The van der Waals surface area contributed by atoms with E-state index in [-0.39, 0.29) is 23.7 Å². The molecular weight excluding hydrogens is 561 g/mol. The molecule has 0 aliphatic carbocycles. The number of benzene rings is 1. The largest absolute Gasteiger partial charge is 0.463 e. The van der Waals surface area contributed by atoms with Crippen LogP contribution in [0.3, 0.4) is 0 Å². The standard InChI is InChI=1S/C28H32FN9O5/c1-34-24-22-14-20(23-3-2-12-43-23)33-38(22)27(30)32-25(24)37(28(34)42)11-8-35-6-9-36(10-7-35)21-5-4-17(13-19(21)29)26(41)31-15-18(40)16-39/h2-5,12-14,18,39-40H,6-11,15-16H2,1H3,(H2,30,32)(H,31,41). The molecule has 1 aliphatic heterocycles. The molecule has 6 rings (SSSR count). The van der Waals surface area contributed by atoms with Crippen LogP contribution in [0, 0.1) is 5.82 Å². The van der Waals surface area contributed by atoms with E-state index in [1.54, 1.807) is 40.6 Å². The van der Waals surface area contributed by atoms with Crippen LogP contribution < -0.4 is 21.6 Å². The van der Waals surface area contributed by atoms with Crippen molar-refractivity contribution in [2.24, 2.45) is 7.05 Å². The molecule has 15 heteroatoms. The van der Waals surface area contributed by atoms with Gasteiger partial charge in [-0.15, -0.1) is 0 Å². The molecule has 1 atom stereocenters. The Morgan fingerprint density at radius 3 is 2.67 bits per heavy atom. The number of amides is 1. The third-order valence-electron chi connectivity index (χ3n) is 7.76. The van der Waals surface area contributed by atoms with E-state index < -0.39 is 24.4 Å². The minimum atomic E-state index is -1.08. The van der Waals surface area contributed by atoms with E-state index in [4.69, 9.17) is 15.3 Å².